The highest BCUT2D eigenvalue weighted by molar-refractivity contribution is 7.16. The molecule has 1 fully saturated rings. The zero-order valence-corrected chi connectivity index (χ0v) is 19.8. The molecule has 6 nitrogen and oxygen atoms in total. The van der Waals surface area contributed by atoms with E-state index in [0.29, 0.717) is 11.7 Å². The molecule has 170 valence electrons. The van der Waals surface area contributed by atoms with Crippen molar-refractivity contribution in [2.45, 2.75) is 32.7 Å². The summed E-state index contributed by atoms with van der Waals surface area (Å²) in [5, 5.41) is 3.92. The molecule has 1 amide bonds. The molecule has 1 atom stereocenters. The lowest BCUT2D eigenvalue weighted by Crippen LogP contribution is -2.37. The van der Waals surface area contributed by atoms with Crippen LogP contribution < -0.4 is 14.8 Å². The van der Waals surface area contributed by atoms with E-state index in [9.17, 15) is 4.79 Å². The highest BCUT2D eigenvalue weighted by Crippen LogP contribution is 2.44. The van der Waals surface area contributed by atoms with Gasteiger partial charge < -0.3 is 19.2 Å². The van der Waals surface area contributed by atoms with Gasteiger partial charge in [0.1, 0.15) is 16.5 Å². The summed E-state index contributed by atoms with van der Waals surface area (Å²) in [7, 11) is 3.37. The van der Waals surface area contributed by atoms with Crippen LogP contribution in [0.25, 0.3) is 0 Å². The number of hydrogen-bond acceptors (Lipinski definition) is 6. The van der Waals surface area contributed by atoms with Crippen molar-refractivity contribution in [2.75, 3.05) is 32.6 Å². The van der Waals surface area contributed by atoms with Crippen LogP contribution in [0.3, 0.4) is 0 Å². The van der Waals surface area contributed by atoms with E-state index in [0.717, 1.165) is 58.4 Å². The summed E-state index contributed by atoms with van der Waals surface area (Å²) in [6, 6.07) is 11.4. The third-order valence-corrected chi connectivity index (χ3v) is 7.05. The molecule has 2 aromatic heterocycles. The lowest BCUT2D eigenvalue weighted by molar-refractivity contribution is 0.0996. The lowest BCUT2D eigenvalue weighted by atomic mass is 9.92. The van der Waals surface area contributed by atoms with Crippen LogP contribution >= 0.6 is 11.3 Å². The van der Waals surface area contributed by atoms with Crippen LogP contribution in [-0.2, 0) is 0 Å². The summed E-state index contributed by atoms with van der Waals surface area (Å²) in [6.45, 7) is 6.33. The minimum atomic E-state index is -0.248. The minimum Gasteiger partial charge on any atom is -0.497 e. The second-order valence-electron chi connectivity index (χ2n) is 8.30. The zero-order valence-electron chi connectivity index (χ0n) is 19.0. The van der Waals surface area contributed by atoms with Gasteiger partial charge in [-0.3, -0.25) is 9.69 Å². The molecule has 1 N–H and O–H groups in total. The van der Waals surface area contributed by atoms with E-state index in [1.165, 1.54) is 6.26 Å². The lowest BCUT2D eigenvalue weighted by Gasteiger charge is -2.37. The number of rotatable bonds is 7. The number of likely N-dealkylation sites (tertiary alicyclic amines) is 1. The molecule has 7 heteroatoms. The van der Waals surface area contributed by atoms with E-state index < -0.39 is 0 Å². The Hall–Kier alpha value is -2.77. The number of amides is 1. The molecule has 32 heavy (non-hydrogen) atoms. The number of anilines is 1. The first-order chi connectivity index (χ1) is 15.5. The molecule has 3 heterocycles. The molecule has 0 saturated carbocycles. The highest BCUT2D eigenvalue weighted by Gasteiger charge is 2.32. The fraction of sp³-hybridized carbons (Fsp3) is 0.400. The monoisotopic (exact) mass is 454 g/mol. The molecule has 1 aromatic carbocycles. The van der Waals surface area contributed by atoms with Gasteiger partial charge in [-0.05, 0) is 75.2 Å². The molecule has 3 aromatic rings. The molecule has 1 aliphatic rings. The van der Waals surface area contributed by atoms with Gasteiger partial charge >= 0.3 is 0 Å². The number of aryl methyl sites for hydroxylation is 1. The topological polar surface area (TPSA) is 63.9 Å². The number of benzene rings is 1. The van der Waals surface area contributed by atoms with Gasteiger partial charge in [-0.15, -0.1) is 11.3 Å². The first-order valence-corrected chi connectivity index (χ1v) is 11.7. The van der Waals surface area contributed by atoms with Crippen molar-refractivity contribution in [3.63, 3.8) is 0 Å². The number of hydrogen-bond donors (Lipinski definition) is 1. The summed E-state index contributed by atoms with van der Waals surface area (Å²) in [4.78, 5) is 16.4. The molecule has 0 bridgehead atoms. The van der Waals surface area contributed by atoms with Gasteiger partial charge in [-0.1, -0.05) is 6.92 Å². The Labute approximate surface area is 193 Å². The second-order valence-corrected chi connectivity index (χ2v) is 9.56. The van der Waals surface area contributed by atoms with E-state index in [-0.39, 0.29) is 11.9 Å². The van der Waals surface area contributed by atoms with Gasteiger partial charge in [0.05, 0.1) is 26.5 Å². The number of nitrogens with zero attached hydrogens (tertiary/aromatic N) is 1. The van der Waals surface area contributed by atoms with E-state index in [2.05, 4.69) is 30.1 Å². The van der Waals surface area contributed by atoms with Crippen LogP contribution in [0.4, 0.5) is 5.00 Å². The van der Waals surface area contributed by atoms with Gasteiger partial charge in [0.25, 0.3) is 5.91 Å². The van der Waals surface area contributed by atoms with Crippen LogP contribution in [0, 0.1) is 12.8 Å². The molecule has 4 rings (SSSR count). The molecular formula is C25H30N2O4S. The average molecular weight is 455 g/mol. The number of nitrogens with one attached hydrogen (secondary N) is 1. The van der Waals surface area contributed by atoms with Crippen molar-refractivity contribution >= 4 is 22.2 Å². The van der Waals surface area contributed by atoms with Crippen LogP contribution in [0.1, 0.15) is 52.4 Å². The Kier molecular flexibility index (Phi) is 6.86. The fourth-order valence-corrected chi connectivity index (χ4v) is 5.25. The van der Waals surface area contributed by atoms with Crippen LogP contribution in [0.5, 0.6) is 11.5 Å². The number of piperidine rings is 1. The van der Waals surface area contributed by atoms with Crippen LogP contribution in [0.15, 0.2) is 47.1 Å². The van der Waals surface area contributed by atoms with Crippen LogP contribution in [0.2, 0.25) is 0 Å². The Bertz CT molecular complexity index is 1050. The normalized spacial score (nSPS) is 16.0. The van der Waals surface area contributed by atoms with Crippen LogP contribution in [-0.4, -0.2) is 38.1 Å². The zero-order chi connectivity index (χ0) is 22.7. The summed E-state index contributed by atoms with van der Waals surface area (Å²) < 4.78 is 16.6. The Morgan fingerprint density at radius 3 is 2.59 bits per heavy atom. The Morgan fingerprint density at radius 2 is 1.94 bits per heavy atom. The van der Waals surface area contributed by atoms with Gasteiger partial charge in [-0.2, -0.15) is 0 Å². The smallest absolute Gasteiger partial charge is 0.291 e. The fourth-order valence-electron chi connectivity index (χ4n) is 4.31. The number of carbonyl (C=O) groups excluding carboxylic acids is 1. The molecule has 0 aliphatic carbocycles. The maximum atomic E-state index is 12.8. The molecule has 0 spiro atoms. The predicted molar refractivity (Wildman–Crippen MR) is 127 cm³/mol. The quantitative estimate of drug-likeness (QED) is 0.493. The minimum absolute atomic E-state index is 0.0654. The SMILES string of the molecule is COc1ccc(OC)c([C@H](c2cc(C)sc2NC(=O)c2ccco2)N2CCC(C)CC2)c1. The van der Waals surface area contributed by atoms with E-state index in [1.54, 1.807) is 37.7 Å². The van der Waals surface area contributed by atoms with Gasteiger partial charge in [0, 0.05) is 16.0 Å². The van der Waals surface area contributed by atoms with Crippen molar-refractivity contribution < 1.29 is 18.7 Å². The first-order valence-electron chi connectivity index (χ1n) is 10.9. The van der Waals surface area contributed by atoms with Gasteiger partial charge in [0.2, 0.25) is 0 Å². The van der Waals surface area contributed by atoms with E-state index in [1.807, 2.05) is 18.2 Å². The summed E-state index contributed by atoms with van der Waals surface area (Å²) >= 11 is 1.58. The third kappa shape index (κ3) is 4.69. The standard InChI is InChI=1S/C25H30N2O4S/c1-16-9-11-27(12-10-16)23(19-15-18(29-3)7-8-21(19)30-4)20-14-17(2)32-25(20)26-24(28)22-6-5-13-31-22/h5-8,13-16,23H,9-12H2,1-4H3,(H,26,28)/t23-/m1/s1. The number of carbonyl (C=O) groups is 1. The maximum Gasteiger partial charge on any atom is 0.291 e. The molecule has 1 saturated heterocycles. The van der Waals surface area contributed by atoms with E-state index in [4.69, 9.17) is 13.9 Å². The maximum absolute atomic E-state index is 12.8. The van der Waals surface area contributed by atoms with Crippen molar-refractivity contribution in [3.05, 3.63) is 64.4 Å². The summed E-state index contributed by atoms with van der Waals surface area (Å²) in [5.74, 6) is 2.35. The summed E-state index contributed by atoms with van der Waals surface area (Å²) in [6.07, 6.45) is 3.79. The number of methoxy groups -OCH3 is 2. The Morgan fingerprint density at radius 1 is 1.16 bits per heavy atom. The third-order valence-electron chi connectivity index (χ3n) is 6.07. The van der Waals surface area contributed by atoms with Crippen molar-refractivity contribution in [2.24, 2.45) is 5.92 Å². The highest BCUT2D eigenvalue weighted by atomic mass is 32.1. The number of furan rings is 1. The summed E-state index contributed by atoms with van der Waals surface area (Å²) in [5.41, 5.74) is 2.10. The number of ether oxygens (including phenoxy) is 2. The molecule has 0 radical (unpaired) electrons. The van der Waals surface area contributed by atoms with Crippen molar-refractivity contribution in [1.82, 2.24) is 4.90 Å². The predicted octanol–water partition coefficient (Wildman–Crippen LogP) is 5.74. The van der Waals surface area contributed by atoms with Crippen molar-refractivity contribution in [3.8, 4) is 11.5 Å². The Balaban J connectivity index is 1.79. The first kappa shape index (κ1) is 22.4. The number of thiophene rings is 1. The largest absolute Gasteiger partial charge is 0.497 e. The molecular weight excluding hydrogens is 424 g/mol. The second kappa shape index (κ2) is 9.79. The molecule has 0 unspecified atom stereocenters. The van der Waals surface area contributed by atoms with Gasteiger partial charge in [-0.25, -0.2) is 0 Å². The molecule has 1 aliphatic heterocycles. The average Bonchev–Trinajstić information content (AvgIpc) is 3.45. The van der Waals surface area contributed by atoms with Gasteiger partial charge in [0.15, 0.2) is 5.76 Å². The van der Waals surface area contributed by atoms with E-state index >= 15 is 0 Å². The van der Waals surface area contributed by atoms with Crippen molar-refractivity contribution in [1.29, 1.82) is 0 Å².